The topological polar surface area (TPSA) is 67.6 Å². The molecule has 1 heterocycles. The smallest absolute Gasteiger partial charge is 0.222 e. The number of nitrogens with two attached hydrogens (primary N) is 1. The summed E-state index contributed by atoms with van der Waals surface area (Å²) in [5, 5.41) is 2.91. The standard InChI is InChI=1S/C17H27N3O2.2ClH/c1-14(18)7-8-19-17(21)11-16-13-20(9-10-22-16)12-15-5-3-2-4-6-15;;/h2-6,14,16H,7-13,18H2,1H3,(H,19,21);2*1H. The number of ether oxygens (including phenoxy) is 1. The molecule has 2 unspecified atom stereocenters. The molecule has 1 aliphatic rings. The summed E-state index contributed by atoms with van der Waals surface area (Å²) in [6.45, 7) is 5.89. The summed E-state index contributed by atoms with van der Waals surface area (Å²) >= 11 is 0. The molecule has 2 rings (SSSR count). The minimum absolute atomic E-state index is 0. The second-order valence-electron chi connectivity index (χ2n) is 6.03. The number of carbonyl (C=O) groups excluding carboxylic acids is 1. The molecule has 0 saturated carbocycles. The molecule has 1 aliphatic heterocycles. The van der Waals surface area contributed by atoms with Crippen LogP contribution in [0.2, 0.25) is 0 Å². The molecular weight excluding hydrogens is 349 g/mol. The predicted octanol–water partition coefficient (Wildman–Crippen LogP) is 1.97. The number of hydrogen-bond donors (Lipinski definition) is 2. The lowest BCUT2D eigenvalue weighted by molar-refractivity contribution is -0.126. The largest absolute Gasteiger partial charge is 0.375 e. The Hall–Kier alpha value is -0.850. The van der Waals surface area contributed by atoms with Gasteiger partial charge in [-0.1, -0.05) is 30.3 Å². The molecule has 0 aliphatic carbocycles. The Kier molecular flexibility index (Phi) is 12.1. The second kappa shape index (κ2) is 12.5. The minimum Gasteiger partial charge on any atom is -0.375 e. The summed E-state index contributed by atoms with van der Waals surface area (Å²) < 4.78 is 5.72. The van der Waals surface area contributed by atoms with Crippen molar-refractivity contribution in [2.45, 2.75) is 38.5 Å². The molecule has 0 radical (unpaired) electrons. The first-order valence-corrected chi connectivity index (χ1v) is 8.03. The summed E-state index contributed by atoms with van der Waals surface area (Å²) in [6.07, 6.45) is 1.20. The molecule has 1 aromatic carbocycles. The van der Waals surface area contributed by atoms with Gasteiger partial charge in [0.1, 0.15) is 0 Å². The van der Waals surface area contributed by atoms with E-state index < -0.39 is 0 Å². The first kappa shape index (κ1) is 23.1. The van der Waals surface area contributed by atoms with E-state index >= 15 is 0 Å². The SMILES string of the molecule is CC(N)CCNC(=O)CC1CN(Cc2ccccc2)CCO1.Cl.Cl. The summed E-state index contributed by atoms with van der Waals surface area (Å²) in [4.78, 5) is 14.3. The van der Waals surface area contributed by atoms with Crippen LogP contribution in [-0.2, 0) is 16.1 Å². The molecule has 0 bridgehead atoms. The van der Waals surface area contributed by atoms with E-state index in [1.54, 1.807) is 0 Å². The normalized spacial score (nSPS) is 18.8. The molecule has 1 aromatic rings. The van der Waals surface area contributed by atoms with Crippen molar-refractivity contribution in [2.75, 3.05) is 26.2 Å². The van der Waals surface area contributed by atoms with Crippen LogP contribution >= 0.6 is 24.8 Å². The summed E-state index contributed by atoms with van der Waals surface area (Å²) in [5.41, 5.74) is 6.97. The van der Waals surface area contributed by atoms with Gasteiger partial charge in [0, 0.05) is 32.2 Å². The number of rotatable bonds is 7. The first-order valence-electron chi connectivity index (χ1n) is 8.03. The summed E-state index contributed by atoms with van der Waals surface area (Å²) in [7, 11) is 0. The van der Waals surface area contributed by atoms with E-state index in [0.717, 1.165) is 26.1 Å². The van der Waals surface area contributed by atoms with Crippen molar-refractivity contribution >= 4 is 30.7 Å². The number of nitrogens with zero attached hydrogens (tertiary/aromatic N) is 1. The van der Waals surface area contributed by atoms with Crippen LogP contribution in [0.5, 0.6) is 0 Å². The number of halogens is 2. The highest BCUT2D eigenvalue weighted by Gasteiger charge is 2.22. The Labute approximate surface area is 157 Å². The molecule has 24 heavy (non-hydrogen) atoms. The number of morpholine rings is 1. The van der Waals surface area contributed by atoms with Gasteiger partial charge in [0.25, 0.3) is 0 Å². The van der Waals surface area contributed by atoms with Crippen LogP contribution in [0, 0.1) is 0 Å². The van der Waals surface area contributed by atoms with Crippen LogP contribution in [-0.4, -0.2) is 49.2 Å². The highest BCUT2D eigenvalue weighted by Crippen LogP contribution is 2.12. The van der Waals surface area contributed by atoms with Crippen molar-refractivity contribution in [3.8, 4) is 0 Å². The third kappa shape index (κ3) is 8.85. The van der Waals surface area contributed by atoms with Gasteiger partial charge in [0.15, 0.2) is 0 Å². The molecule has 1 amide bonds. The Morgan fingerprint density at radius 1 is 1.38 bits per heavy atom. The maximum atomic E-state index is 11.9. The monoisotopic (exact) mass is 377 g/mol. The zero-order valence-corrected chi connectivity index (χ0v) is 15.8. The minimum atomic E-state index is -0.0206. The summed E-state index contributed by atoms with van der Waals surface area (Å²) in [6, 6.07) is 10.5. The lowest BCUT2D eigenvalue weighted by Gasteiger charge is -2.32. The van der Waals surface area contributed by atoms with Gasteiger partial charge < -0.3 is 15.8 Å². The van der Waals surface area contributed by atoms with E-state index in [9.17, 15) is 4.79 Å². The molecular formula is C17H29Cl2N3O2. The lowest BCUT2D eigenvalue weighted by atomic mass is 10.1. The van der Waals surface area contributed by atoms with Crippen molar-refractivity contribution in [3.05, 3.63) is 35.9 Å². The van der Waals surface area contributed by atoms with E-state index in [0.29, 0.717) is 19.6 Å². The van der Waals surface area contributed by atoms with Crippen molar-refractivity contribution in [3.63, 3.8) is 0 Å². The Balaban J connectivity index is 0.00000264. The van der Waals surface area contributed by atoms with Crippen LogP contribution in [0.3, 0.4) is 0 Å². The molecule has 138 valence electrons. The molecule has 3 N–H and O–H groups in total. The third-order valence-electron chi connectivity index (χ3n) is 3.81. The summed E-state index contributed by atoms with van der Waals surface area (Å²) in [5.74, 6) is 0.0483. The van der Waals surface area contributed by atoms with Crippen LogP contribution in [0.25, 0.3) is 0 Å². The Bertz CT molecular complexity index is 460. The molecule has 7 heteroatoms. The molecule has 0 spiro atoms. The van der Waals surface area contributed by atoms with Crippen molar-refractivity contribution < 1.29 is 9.53 Å². The van der Waals surface area contributed by atoms with Gasteiger partial charge in [-0.05, 0) is 18.9 Å². The van der Waals surface area contributed by atoms with Crippen LogP contribution in [0.4, 0.5) is 0 Å². The van der Waals surface area contributed by atoms with Gasteiger partial charge in [0.05, 0.1) is 19.1 Å². The second-order valence-corrected chi connectivity index (χ2v) is 6.03. The van der Waals surface area contributed by atoms with E-state index in [1.165, 1.54) is 5.56 Å². The zero-order valence-electron chi connectivity index (χ0n) is 14.1. The number of amides is 1. The Morgan fingerprint density at radius 2 is 2.08 bits per heavy atom. The average molecular weight is 378 g/mol. The maximum absolute atomic E-state index is 11.9. The lowest BCUT2D eigenvalue weighted by Crippen LogP contribution is -2.44. The van der Waals surface area contributed by atoms with Crippen LogP contribution in [0.15, 0.2) is 30.3 Å². The quantitative estimate of drug-likeness (QED) is 0.762. The fourth-order valence-electron chi connectivity index (χ4n) is 2.61. The zero-order chi connectivity index (χ0) is 15.8. The maximum Gasteiger partial charge on any atom is 0.222 e. The van der Waals surface area contributed by atoms with E-state index in [1.807, 2.05) is 13.0 Å². The van der Waals surface area contributed by atoms with Gasteiger partial charge in [-0.2, -0.15) is 0 Å². The third-order valence-corrected chi connectivity index (χ3v) is 3.81. The highest BCUT2D eigenvalue weighted by molar-refractivity contribution is 5.85. The molecule has 5 nitrogen and oxygen atoms in total. The Morgan fingerprint density at radius 3 is 2.75 bits per heavy atom. The van der Waals surface area contributed by atoms with Gasteiger partial charge in [0.2, 0.25) is 5.91 Å². The average Bonchev–Trinajstić information content (AvgIpc) is 2.48. The van der Waals surface area contributed by atoms with Gasteiger partial charge in [-0.25, -0.2) is 0 Å². The van der Waals surface area contributed by atoms with Crippen molar-refractivity contribution in [1.82, 2.24) is 10.2 Å². The molecule has 1 saturated heterocycles. The predicted molar refractivity (Wildman–Crippen MR) is 102 cm³/mol. The van der Waals surface area contributed by atoms with Crippen molar-refractivity contribution in [1.29, 1.82) is 0 Å². The number of nitrogens with one attached hydrogen (secondary N) is 1. The van der Waals surface area contributed by atoms with Gasteiger partial charge in [-0.15, -0.1) is 24.8 Å². The molecule has 2 atom stereocenters. The fourth-order valence-corrected chi connectivity index (χ4v) is 2.61. The van der Waals surface area contributed by atoms with Gasteiger partial charge >= 0.3 is 0 Å². The number of carbonyl (C=O) groups is 1. The van der Waals surface area contributed by atoms with E-state index in [-0.39, 0.29) is 42.9 Å². The van der Waals surface area contributed by atoms with Crippen LogP contribution in [0.1, 0.15) is 25.3 Å². The molecule has 0 aromatic heterocycles. The van der Waals surface area contributed by atoms with Crippen molar-refractivity contribution in [2.24, 2.45) is 5.73 Å². The van der Waals surface area contributed by atoms with Gasteiger partial charge in [-0.3, -0.25) is 9.69 Å². The molecule has 1 fully saturated rings. The first-order chi connectivity index (χ1) is 10.6. The highest BCUT2D eigenvalue weighted by atomic mass is 35.5. The van der Waals surface area contributed by atoms with E-state index in [4.69, 9.17) is 10.5 Å². The fraction of sp³-hybridized carbons (Fsp3) is 0.588. The number of hydrogen-bond acceptors (Lipinski definition) is 4. The van der Waals surface area contributed by atoms with E-state index in [2.05, 4.69) is 34.5 Å². The number of benzene rings is 1. The van der Waals surface area contributed by atoms with Crippen LogP contribution < -0.4 is 11.1 Å².